The van der Waals surface area contributed by atoms with E-state index in [1.807, 2.05) is 12.1 Å². The Morgan fingerprint density at radius 2 is 0.922 bits per heavy atom. The molecule has 0 spiro atoms. The molecule has 2 heterocycles. The molecule has 2 fully saturated rings. The van der Waals surface area contributed by atoms with Crippen molar-refractivity contribution in [1.29, 1.82) is 0 Å². The molecule has 2 aliphatic carbocycles. The number of carbonyl (C=O) groups is 4. The minimum absolute atomic E-state index is 0.182. The molecule has 18 nitrogen and oxygen atoms in total. The van der Waals surface area contributed by atoms with Crippen molar-refractivity contribution in [3.63, 3.8) is 0 Å². The Morgan fingerprint density at radius 3 is 1.27 bits per heavy atom. The zero-order valence-corrected chi connectivity index (χ0v) is 52.6. The number of sulfonamides is 2. The van der Waals surface area contributed by atoms with Crippen molar-refractivity contribution in [1.82, 2.24) is 10.6 Å². The number of fused-ring (bicyclic) bond motifs is 2. The Balaban J connectivity index is 0.000000214. The maximum Gasteiger partial charge on any atom is 0.338 e. The summed E-state index contributed by atoms with van der Waals surface area (Å²) < 4.78 is 111. The Hall–Kier alpha value is -8.76. The SMILES string of the molecule is CCOC(=O)c1ccc(OCCCCCCN(c2cc3oc(-c4ccc(F)cc4)c(C(=O)NC)c3cc2C2CC2)S(C)(=O)=O)cc1.CNC(=O)c1c(-c2ccc(F)cc2)oc2cc(N(CCCCCCOc3ccc(C(=O)O)cc3)S(C)(=O)=O)c(C3CC3)cc12. The van der Waals surface area contributed by atoms with Gasteiger partial charge in [0.25, 0.3) is 11.8 Å². The molecule has 0 atom stereocenters. The van der Waals surface area contributed by atoms with Crippen molar-refractivity contribution in [3.8, 4) is 34.1 Å². The van der Waals surface area contributed by atoms with E-state index in [0.29, 0.717) is 123 Å². The van der Waals surface area contributed by atoms with Crippen LogP contribution in [0.5, 0.6) is 11.5 Å². The summed E-state index contributed by atoms with van der Waals surface area (Å²) in [5.74, 6) is -0.627. The van der Waals surface area contributed by atoms with Crippen LogP contribution in [-0.4, -0.2) is 105 Å². The van der Waals surface area contributed by atoms with E-state index in [9.17, 15) is 44.8 Å². The lowest BCUT2D eigenvalue weighted by Crippen LogP contribution is -2.31. The lowest BCUT2D eigenvalue weighted by atomic mass is 10.0. The number of carboxylic acids is 1. The first-order valence-electron chi connectivity index (χ1n) is 30.2. The second-order valence-electron chi connectivity index (χ2n) is 22.4. The normalized spacial score (nSPS) is 13.1. The van der Waals surface area contributed by atoms with E-state index in [0.717, 1.165) is 75.3 Å². The molecule has 2 aliphatic rings. The lowest BCUT2D eigenvalue weighted by molar-refractivity contribution is 0.0525. The van der Waals surface area contributed by atoms with Gasteiger partial charge in [-0.3, -0.25) is 18.2 Å². The van der Waals surface area contributed by atoms with E-state index in [4.69, 9.17) is 28.2 Å². The summed E-state index contributed by atoms with van der Waals surface area (Å²) in [5, 5.41) is 15.5. The maximum absolute atomic E-state index is 13.7. The lowest BCUT2D eigenvalue weighted by Gasteiger charge is -2.25. The molecule has 22 heteroatoms. The van der Waals surface area contributed by atoms with E-state index >= 15 is 0 Å². The molecular formula is C68H74F2N4O14S2. The Kier molecular flexibility index (Phi) is 21.3. The largest absolute Gasteiger partial charge is 0.494 e. The maximum atomic E-state index is 13.7. The van der Waals surface area contributed by atoms with Crippen LogP contribution in [0.4, 0.5) is 20.2 Å². The van der Waals surface area contributed by atoms with Gasteiger partial charge in [-0.15, -0.1) is 0 Å². The number of anilines is 2. The van der Waals surface area contributed by atoms with Crippen LogP contribution in [0.1, 0.15) is 148 Å². The molecular weight excluding hydrogens is 1200 g/mol. The predicted octanol–water partition coefficient (Wildman–Crippen LogP) is 13.6. The molecule has 3 N–H and O–H groups in total. The number of hydrogen-bond donors (Lipinski definition) is 3. The minimum atomic E-state index is -3.63. The zero-order valence-electron chi connectivity index (χ0n) is 50.9. The molecule has 2 aromatic heterocycles. The molecule has 476 valence electrons. The number of rotatable bonds is 29. The van der Waals surface area contributed by atoms with E-state index < -0.39 is 37.7 Å². The molecule has 6 aromatic carbocycles. The van der Waals surface area contributed by atoms with Crippen molar-refractivity contribution in [2.75, 3.05) is 68.1 Å². The van der Waals surface area contributed by atoms with E-state index in [1.54, 1.807) is 79.7 Å². The second-order valence-corrected chi connectivity index (χ2v) is 26.2. The predicted molar refractivity (Wildman–Crippen MR) is 342 cm³/mol. The van der Waals surface area contributed by atoms with Gasteiger partial charge in [0.1, 0.15) is 45.8 Å². The van der Waals surface area contributed by atoms with Gasteiger partial charge >= 0.3 is 11.9 Å². The molecule has 0 unspecified atom stereocenters. The van der Waals surface area contributed by atoms with Crippen LogP contribution in [0, 0.1) is 11.6 Å². The Labute approximate surface area is 522 Å². The van der Waals surface area contributed by atoms with Gasteiger partial charge in [-0.1, -0.05) is 25.7 Å². The van der Waals surface area contributed by atoms with E-state index in [-0.39, 0.29) is 41.7 Å². The van der Waals surface area contributed by atoms with Gasteiger partial charge in [-0.25, -0.2) is 35.2 Å². The van der Waals surface area contributed by atoms with Crippen LogP contribution in [-0.2, 0) is 24.8 Å². The highest BCUT2D eigenvalue weighted by molar-refractivity contribution is 7.92. The number of halogens is 2. The number of ether oxygens (including phenoxy) is 3. The van der Waals surface area contributed by atoms with Gasteiger partial charge in [-0.05, 0) is 190 Å². The number of benzene rings is 6. The van der Waals surface area contributed by atoms with Crippen molar-refractivity contribution >= 4 is 77.1 Å². The van der Waals surface area contributed by atoms with Crippen LogP contribution >= 0.6 is 0 Å². The minimum Gasteiger partial charge on any atom is -0.494 e. The molecule has 8 aromatic rings. The highest BCUT2D eigenvalue weighted by atomic mass is 32.2. The molecule has 2 amide bonds. The molecule has 2 saturated carbocycles. The topological polar surface area (TPSA) is 241 Å². The number of unbranched alkanes of at least 4 members (excludes halogenated alkanes) is 6. The quantitative estimate of drug-likeness (QED) is 0.0292. The average molecular weight is 1270 g/mol. The Bertz CT molecular complexity index is 4090. The smallest absolute Gasteiger partial charge is 0.338 e. The van der Waals surface area contributed by atoms with Gasteiger partial charge in [0.15, 0.2) is 0 Å². The monoisotopic (exact) mass is 1270 g/mol. The fraction of sp³-hybridized carbons (Fsp3) is 0.353. The summed E-state index contributed by atoms with van der Waals surface area (Å²) >= 11 is 0. The van der Waals surface area contributed by atoms with Crippen LogP contribution in [0.3, 0.4) is 0 Å². The van der Waals surface area contributed by atoms with E-state index in [1.165, 1.54) is 71.6 Å². The van der Waals surface area contributed by atoms with Crippen molar-refractivity contribution < 1.29 is 72.9 Å². The number of hydrogen-bond acceptors (Lipinski definition) is 13. The van der Waals surface area contributed by atoms with E-state index in [2.05, 4.69) is 10.6 Å². The summed E-state index contributed by atoms with van der Waals surface area (Å²) in [4.78, 5) is 48.8. The fourth-order valence-corrected chi connectivity index (χ4v) is 12.8. The van der Waals surface area contributed by atoms with Gasteiger partial charge in [0.2, 0.25) is 20.0 Å². The summed E-state index contributed by atoms with van der Waals surface area (Å²) in [6, 6.07) is 31.7. The average Bonchev–Trinajstić information content (AvgIpc) is 1.62. The first-order chi connectivity index (χ1) is 43.2. The highest BCUT2D eigenvalue weighted by Gasteiger charge is 2.35. The van der Waals surface area contributed by atoms with Crippen LogP contribution in [0.2, 0.25) is 0 Å². The van der Waals surface area contributed by atoms with Crippen LogP contribution < -0.4 is 28.7 Å². The second kappa shape index (κ2) is 29.3. The third kappa shape index (κ3) is 16.4. The Morgan fingerprint density at radius 1 is 0.544 bits per heavy atom. The number of carboxylic acid groups (broad SMARTS) is 1. The number of amides is 2. The summed E-state index contributed by atoms with van der Waals surface area (Å²) in [6.07, 6.45) is 12.2. The zero-order chi connectivity index (χ0) is 64.3. The van der Waals surface area contributed by atoms with Gasteiger partial charge < -0.3 is 38.8 Å². The van der Waals surface area contributed by atoms with Crippen molar-refractivity contribution in [2.45, 2.75) is 95.8 Å². The molecule has 10 rings (SSSR count). The summed E-state index contributed by atoms with van der Waals surface area (Å²) in [6.45, 7) is 3.63. The van der Waals surface area contributed by atoms with Gasteiger partial charge in [0.05, 0.1) is 66.0 Å². The van der Waals surface area contributed by atoms with Gasteiger partial charge in [0, 0.05) is 61.2 Å². The molecule has 90 heavy (non-hydrogen) atoms. The van der Waals surface area contributed by atoms with Gasteiger partial charge in [-0.2, -0.15) is 0 Å². The standard InChI is InChI=1S/C35H39FN2O7S.C33H35FN2O7S/c1-4-43-35(40)25-13-17-27(18-14-25)44-20-8-6-5-7-19-38(46(3,41)42)30-22-31-29(21-28(30)23-9-10-23)32(34(39)37-2)33(45-31)24-11-15-26(36)16-12-24;1-35-32(37)30-27-19-26(21-7-8-21)28(20-29(27)43-31(30)22-9-13-24(34)14-10-22)36(44(2,40)41)17-5-3-4-6-18-42-25-15-11-23(12-16-25)33(38)39/h11-18,21-23H,4-10,19-20H2,1-3H3,(H,37,39);9-16,19-21H,3-8,17-18H2,1-2H3,(H,35,37)(H,38,39). The van der Waals surface area contributed by atoms with Crippen LogP contribution in [0.25, 0.3) is 44.6 Å². The first kappa shape index (κ1) is 65.7. The number of esters is 1. The van der Waals surface area contributed by atoms with Crippen molar-refractivity contribution in [3.05, 3.63) is 166 Å². The third-order valence-corrected chi connectivity index (χ3v) is 18.0. The number of carbonyl (C=O) groups excluding carboxylic acids is 3. The third-order valence-electron chi connectivity index (χ3n) is 15.7. The summed E-state index contributed by atoms with van der Waals surface area (Å²) in [5.41, 5.74) is 6.04. The number of aromatic carboxylic acids is 1. The first-order valence-corrected chi connectivity index (χ1v) is 33.8. The number of furan rings is 2. The number of nitrogens with one attached hydrogen (secondary N) is 2. The highest BCUT2D eigenvalue weighted by Crippen LogP contribution is 2.50. The molecule has 0 aliphatic heterocycles. The fourth-order valence-electron chi connectivity index (χ4n) is 10.8. The molecule has 0 bridgehead atoms. The number of nitrogens with zero attached hydrogens (tertiary/aromatic N) is 2. The van der Waals surface area contributed by atoms with Crippen molar-refractivity contribution in [2.24, 2.45) is 0 Å². The molecule has 0 saturated heterocycles. The summed E-state index contributed by atoms with van der Waals surface area (Å²) in [7, 11) is -4.20. The van der Waals surface area contributed by atoms with Crippen LogP contribution in [0.15, 0.2) is 130 Å². The molecule has 0 radical (unpaired) electrons.